The van der Waals surface area contributed by atoms with Gasteiger partial charge in [0, 0.05) is 194 Å². The van der Waals surface area contributed by atoms with Crippen LogP contribution in [0, 0.1) is 55.4 Å². The van der Waals surface area contributed by atoms with E-state index in [1.165, 1.54) is 0 Å². The minimum absolute atomic E-state index is 0.0242. The molecule has 0 radical (unpaired) electrons. The van der Waals surface area contributed by atoms with Crippen LogP contribution in [-0.4, -0.2) is 149 Å². The van der Waals surface area contributed by atoms with E-state index in [1.807, 2.05) is 151 Å². The average molecular weight is 1960 g/mol. The summed E-state index contributed by atoms with van der Waals surface area (Å²) >= 11 is 0. The highest BCUT2D eigenvalue weighted by Crippen LogP contribution is 2.52. The maximum atomic E-state index is 13.7. The number of carbonyl (C=O) groups is 6. The predicted octanol–water partition coefficient (Wildman–Crippen LogP) is 17.4. The molecule has 0 saturated carbocycles. The van der Waals surface area contributed by atoms with E-state index in [2.05, 4.69) is 9.88 Å². The van der Waals surface area contributed by atoms with Gasteiger partial charge in [-0.15, -0.1) is 0 Å². The van der Waals surface area contributed by atoms with Crippen LogP contribution in [-0.2, 0) is 49.3 Å². The van der Waals surface area contributed by atoms with Gasteiger partial charge < -0.3 is 80.2 Å². The number of hydrogen-bond acceptors (Lipinski definition) is 23. The number of carboxylic acids is 1. The smallest absolute Gasteiger partial charge is 0.303 e. The molecule has 5 aliphatic heterocycles. The first-order valence-electron chi connectivity index (χ1n) is 49.1. The molecular formula is C116H102N8O22. The summed E-state index contributed by atoms with van der Waals surface area (Å²) in [6.07, 6.45) is 10.6. The highest BCUT2D eigenvalue weighted by Gasteiger charge is 2.42. The number of aliphatic hydroxyl groups is 1. The molecule has 30 nitrogen and oxygen atoms in total. The SMILES string of the molecule is Cc1cc2c3c(n(C)c(=O)c2cc1C)-c1cc2c(cc1C3=O)OCO2.Cc1cc2c3c(n(CCCCCCO)c(=O)c2cc1C)-c1cc2c(cc1C3=O)OCO2.Cc1cc2c3c(n(CCCN4CCOCC4)c(=O)c2cc1C)-c1cc2c(cc1C3=O)OCO2.Cc1cc2c3c(n(CCCn4ccnc4)c(=O)c2cc1C)-c1cc2c(cc1C3=O)OCO2.O=C(O)CCCn1c2c(c3ccccc3c1=O)C(=O)c1ccccc1-2. The molecule has 6 aromatic heterocycles. The normalized spacial score (nSPS) is 14.2. The van der Waals surface area contributed by atoms with Gasteiger partial charge in [-0.1, -0.05) is 79.6 Å². The maximum absolute atomic E-state index is 13.7. The second-order valence-corrected chi connectivity index (χ2v) is 38.6. The molecule has 0 bridgehead atoms. The number of unbranched alkanes of at least 4 members (excludes halogenated alkanes) is 3. The largest absolute Gasteiger partial charge is 0.481 e. The van der Waals surface area contributed by atoms with Crippen molar-refractivity contribution in [3.63, 3.8) is 0 Å². The third-order valence-corrected chi connectivity index (χ3v) is 29.8. The van der Waals surface area contributed by atoms with Gasteiger partial charge in [-0.2, -0.15) is 0 Å². The number of aromatic nitrogens is 7. The summed E-state index contributed by atoms with van der Waals surface area (Å²) in [5.41, 5.74) is 20.6. The molecule has 11 heterocycles. The van der Waals surface area contributed by atoms with Crippen molar-refractivity contribution in [3.05, 3.63) is 316 Å². The minimum atomic E-state index is -0.901. The standard InChI is InChI=1S/C26H26N2O5.C25H21N3O4.C25H25NO5.2C20H15NO4/c1-15-10-17-20(11-16(15)2)26(30)28(5-3-4-27-6-8-31-9-7-27)24-18-12-21-22(33-14-32-21)13-19(18)25(29)23(17)24;1-14-8-16-19(9-15(14)2)25(30)28(6-3-5-27-7-4-26-12-27)23-17-10-20-21(32-13-31-20)11-18(17)24(29)22(16)23;1-14-9-16-19(10-15(14)2)25(29)26(7-5-3-4-6-8-27)23-17-11-20-21(31-13-30-20)12-18(17)24(28)22(16)23;1-9-4-11-14(5-10(9)2)20(23)21(3)18-12-6-15-16(25-8-24-15)7-13(12)19(22)17(11)18;22-16(23)10-5-11-21-18-13-7-2-3-8-14(13)19(24)17(18)12-6-1-4-9-15(12)20(21)25/h10-13H,3-9,14H2,1-2H3;4,7-12H,3,5-6,13H2,1-2H3;9-12,27H,3-8,13H2,1-2H3;4-7H,8H2,1-3H3;1-4,6-9H,5,10-11H2,(H,22,23). The molecule has 0 amide bonds. The van der Waals surface area contributed by atoms with Crippen LogP contribution >= 0.6 is 0 Å². The Bertz CT molecular complexity index is 8750. The number of rotatable bonds is 18. The third-order valence-electron chi connectivity index (χ3n) is 29.8. The average Bonchev–Trinajstić information content (AvgIpc) is 1.61. The molecule has 1 saturated heterocycles. The van der Waals surface area contributed by atoms with Gasteiger partial charge in [0.05, 0.1) is 75.8 Å². The number of pyridine rings is 5. The molecule has 738 valence electrons. The maximum Gasteiger partial charge on any atom is 0.303 e. The van der Waals surface area contributed by atoms with Gasteiger partial charge >= 0.3 is 5.97 Å². The van der Waals surface area contributed by atoms with Gasteiger partial charge in [0.1, 0.15) is 0 Å². The number of hydrogen-bond donors (Lipinski definition) is 2. The fourth-order valence-electron chi connectivity index (χ4n) is 21.8. The van der Waals surface area contributed by atoms with Crippen molar-refractivity contribution < 1.29 is 81.6 Å². The Labute approximate surface area is 834 Å². The molecule has 146 heavy (non-hydrogen) atoms. The molecule has 30 heteroatoms. The fraction of sp³-hybridized carbons (Fsp3) is 0.276. The van der Waals surface area contributed by atoms with Crippen LogP contribution < -0.4 is 65.7 Å². The molecule has 26 rings (SSSR count). The van der Waals surface area contributed by atoms with E-state index in [0.717, 1.165) is 156 Å². The zero-order chi connectivity index (χ0) is 101. The number of imidazole rings is 1. The molecule has 5 aliphatic carbocycles. The zero-order valence-electron chi connectivity index (χ0n) is 82.0. The summed E-state index contributed by atoms with van der Waals surface area (Å²) in [5, 5.41) is 24.2. The number of ether oxygens (including phenoxy) is 9. The summed E-state index contributed by atoms with van der Waals surface area (Å²) in [6.45, 7) is 23.4. The van der Waals surface area contributed by atoms with Crippen molar-refractivity contribution in [3.8, 4) is 102 Å². The summed E-state index contributed by atoms with van der Waals surface area (Å²) in [6, 6.07) is 44.0. The lowest BCUT2D eigenvalue weighted by Crippen LogP contribution is -2.37. The van der Waals surface area contributed by atoms with Crippen LogP contribution in [0.5, 0.6) is 46.0 Å². The number of carboxylic acid groups (broad SMARTS) is 1. The molecule has 2 N–H and O–H groups in total. The van der Waals surface area contributed by atoms with E-state index in [0.29, 0.717) is 205 Å². The van der Waals surface area contributed by atoms with Crippen molar-refractivity contribution >= 4 is 88.7 Å². The number of nitrogens with zero attached hydrogens (tertiary/aromatic N) is 8. The quantitative estimate of drug-likeness (QED) is 0.0753. The predicted molar refractivity (Wildman–Crippen MR) is 550 cm³/mol. The number of benzene rings is 10. The van der Waals surface area contributed by atoms with Gasteiger partial charge in [0.25, 0.3) is 27.8 Å². The number of carbonyl (C=O) groups excluding carboxylic acids is 5. The van der Waals surface area contributed by atoms with Crippen molar-refractivity contribution in [1.82, 2.24) is 37.3 Å². The van der Waals surface area contributed by atoms with Crippen LogP contribution in [0.3, 0.4) is 0 Å². The topological polar surface area (TPSA) is 357 Å². The number of aliphatic hydroxyl groups excluding tert-OH is 1. The van der Waals surface area contributed by atoms with Crippen molar-refractivity contribution in [2.24, 2.45) is 7.05 Å². The Morgan fingerprint density at radius 3 is 1.01 bits per heavy atom. The van der Waals surface area contributed by atoms with Crippen LogP contribution in [0.15, 0.2) is 188 Å². The zero-order valence-corrected chi connectivity index (χ0v) is 82.0. The van der Waals surface area contributed by atoms with Crippen LogP contribution in [0.4, 0.5) is 0 Å². The fourth-order valence-corrected chi connectivity index (χ4v) is 21.8. The van der Waals surface area contributed by atoms with Crippen LogP contribution in [0.25, 0.3) is 110 Å². The first kappa shape index (κ1) is 94.5. The van der Waals surface area contributed by atoms with Crippen LogP contribution in [0.1, 0.15) is 175 Å². The summed E-state index contributed by atoms with van der Waals surface area (Å²) in [5.74, 6) is 3.41. The van der Waals surface area contributed by atoms with E-state index in [1.54, 1.807) is 103 Å². The molecule has 0 atom stereocenters. The van der Waals surface area contributed by atoms with Gasteiger partial charge in [-0.05, 0) is 211 Å². The number of aliphatic carboxylic acids is 1. The first-order valence-corrected chi connectivity index (χ1v) is 49.1. The monoisotopic (exact) mass is 1960 g/mol. The molecular weight excluding hydrogens is 1860 g/mol. The second-order valence-electron chi connectivity index (χ2n) is 38.6. The van der Waals surface area contributed by atoms with Gasteiger partial charge in [-0.3, -0.25) is 57.6 Å². The minimum Gasteiger partial charge on any atom is -0.481 e. The Hall–Kier alpha value is -16.4. The van der Waals surface area contributed by atoms with Crippen molar-refractivity contribution in [1.29, 1.82) is 0 Å². The lowest BCUT2D eigenvalue weighted by atomic mass is 9.98. The molecule has 10 aliphatic rings. The van der Waals surface area contributed by atoms with E-state index in [-0.39, 0.29) is 103 Å². The Balaban J connectivity index is 0.000000104. The van der Waals surface area contributed by atoms with Gasteiger partial charge in [0.15, 0.2) is 74.9 Å². The lowest BCUT2D eigenvalue weighted by molar-refractivity contribution is -0.137. The van der Waals surface area contributed by atoms with Gasteiger partial charge in [0.2, 0.25) is 27.2 Å². The van der Waals surface area contributed by atoms with E-state index in [9.17, 15) is 52.7 Å². The van der Waals surface area contributed by atoms with E-state index in [4.69, 9.17) is 52.8 Å². The van der Waals surface area contributed by atoms with Crippen LogP contribution in [0.2, 0.25) is 0 Å². The highest BCUT2D eigenvalue weighted by atomic mass is 16.7. The van der Waals surface area contributed by atoms with Crippen molar-refractivity contribution in [2.45, 2.75) is 139 Å². The Kier molecular flexibility index (Phi) is 24.4. The van der Waals surface area contributed by atoms with Gasteiger partial charge in [-0.25, -0.2) is 4.98 Å². The van der Waals surface area contributed by atoms with E-state index >= 15 is 0 Å². The van der Waals surface area contributed by atoms with Crippen molar-refractivity contribution in [2.75, 3.05) is 66.6 Å². The number of morpholine rings is 1. The Morgan fingerprint density at radius 1 is 0.315 bits per heavy atom. The number of ketones is 5. The van der Waals surface area contributed by atoms with E-state index < -0.39 is 5.97 Å². The lowest BCUT2D eigenvalue weighted by Gasteiger charge is -2.26. The number of aryl methyl sites for hydroxylation is 9. The summed E-state index contributed by atoms with van der Waals surface area (Å²) in [4.78, 5) is 151. The number of fused-ring (bicyclic) bond motifs is 29. The summed E-state index contributed by atoms with van der Waals surface area (Å²) in [7, 11) is 1.71. The molecule has 0 unspecified atom stereocenters. The molecule has 10 aromatic carbocycles. The highest BCUT2D eigenvalue weighted by molar-refractivity contribution is 6.31. The molecule has 16 aromatic rings. The summed E-state index contributed by atoms with van der Waals surface area (Å²) < 4.78 is 59.9. The second kappa shape index (κ2) is 37.7. The molecule has 1 fully saturated rings. The first-order chi connectivity index (χ1) is 70.6. The Morgan fingerprint density at radius 2 is 0.623 bits per heavy atom. The third kappa shape index (κ3) is 16.0. The molecule has 0 spiro atoms.